The number of hydrogen-bond acceptors (Lipinski definition) is 3. The number of nitrogens with zero attached hydrogens (tertiary/aromatic N) is 2. The molecule has 0 bridgehead atoms. The summed E-state index contributed by atoms with van der Waals surface area (Å²) in [6.45, 7) is 1.75. The molecule has 3 unspecified atom stereocenters. The summed E-state index contributed by atoms with van der Waals surface area (Å²) in [5, 5.41) is 0.270. The average molecular weight is 403 g/mol. The number of halogens is 1. The van der Waals surface area contributed by atoms with Gasteiger partial charge in [0.25, 0.3) is 5.91 Å². The molecule has 2 amide bonds. The molecule has 1 aliphatic carbocycles. The first-order valence-corrected chi connectivity index (χ1v) is 11.1. The zero-order valence-electron chi connectivity index (χ0n) is 16.3. The van der Waals surface area contributed by atoms with E-state index in [1.54, 1.807) is 40.9 Å². The molecule has 6 heteroatoms. The number of likely N-dealkylation sites (N-methyl/N-ethyl adjacent to an activating group) is 1. The van der Waals surface area contributed by atoms with Crippen LogP contribution in [0.2, 0.25) is 0 Å². The summed E-state index contributed by atoms with van der Waals surface area (Å²) in [5.74, 6) is -0.0893. The van der Waals surface area contributed by atoms with Gasteiger partial charge in [0.05, 0.1) is 4.91 Å². The van der Waals surface area contributed by atoms with Crippen LogP contribution in [0.1, 0.15) is 44.1 Å². The molecule has 0 radical (unpaired) electrons. The lowest BCUT2D eigenvalue weighted by Crippen LogP contribution is -2.53. The van der Waals surface area contributed by atoms with E-state index in [0.717, 1.165) is 45.2 Å². The van der Waals surface area contributed by atoms with E-state index in [4.69, 9.17) is 0 Å². The molecule has 0 N–H and O–H groups in total. The highest BCUT2D eigenvalue weighted by Gasteiger charge is 2.43. The molecule has 3 atom stereocenters. The minimum Gasteiger partial charge on any atom is -0.342 e. The van der Waals surface area contributed by atoms with Crippen molar-refractivity contribution >= 4 is 29.7 Å². The van der Waals surface area contributed by atoms with Gasteiger partial charge in [0.15, 0.2) is 0 Å². The predicted octanol–water partition coefficient (Wildman–Crippen LogP) is 3.92. The Kier molecular flexibility index (Phi) is 5.76. The maximum atomic E-state index is 14.0. The van der Waals surface area contributed by atoms with Crippen molar-refractivity contribution in [1.82, 2.24) is 9.80 Å². The van der Waals surface area contributed by atoms with Crippen molar-refractivity contribution in [1.29, 1.82) is 0 Å². The Balaban J connectivity index is 1.47. The van der Waals surface area contributed by atoms with Gasteiger partial charge >= 0.3 is 0 Å². The highest BCUT2D eigenvalue weighted by Crippen LogP contribution is 2.43. The fourth-order valence-electron chi connectivity index (χ4n) is 4.63. The third-order valence-electron chi connectivity index (χ3n) is 6.27. The molecule has 150 valence electrons. The maximum absolute atomic E-state index is 14.0. The van der Waals surface area contributed by atoms with Gasteiger partial charge in [-0.25, -0.2) is 4.39 Å². The molecule has 1 aromatic carbocycles. The molecular formula is C22H27FN2O2S. The average Bonchev–Trinajstić information content (AvgIpc) is 2.73. The van der Waals surface area contributed by atoms with Crippen molar-refractivity contribution in [3.05, 3.63) is 40.6 Å². The van der Waals surface area contributed by atoms with E-state index in [1.165, 1.54) is 12.5 Å². The second-order valence-corrected chi connectivity index (χ2v) is 9.35. The fourth-order valence-corrected chi connectivity index (χ4v) is 6.10. The third kappa shape index (κ3) is 3.84. The van der Waals surface area contributed by atoms with Crippen molar-refractivity contribution in [2.45, 2.75) is 49.8 Å². The van der Waals surface area contributed by atoms with Crippen LogP contribution in [0.3, 0.4) is 0 Å². The molecule has 0 spiro atoms. The molecule has 3 aliphatic rings. The number of benzene rings is 1. The number of carbonyl (C=O) groups is 2. The Labute approximate surface area is 170 Å². The molecule has 4 nitrogen and oxygen atoms in total. The maximum Gasteiger partial charge on any atom is 0.260 e. The minimum absolute atomic E-state index is 0.0206. The van der Waals surface area contributed by atoms with E-state index >= 15 is 0 Å². The van der Waals surface area contributed by atoms with E-state index in [2.05, 4.69) is 0 Å². The van der Waals surface area contributed by atoms with Gasteiger partial charge in [0.2, 0.25) is 5.91 Å². The lowest BCUT2D eigenvalue weighted by molar-refractivity contribution is -0.139. The number of rotatable bonds is 2. The molecule has 2 saturated heterocycles. The summed E-state index contributed by atoms with van der Waals surface area (Å²) in [6.07, 6.45) is 7.60. The van der Waals surface area contributed by atoms with Crippen LogP contribution in [0.15, 0.2) is 29.2 Å². The molecule has 0 aromatic heterocycles. The second-order valence-electron chi connectivity index (χ2n) is 8.07. The molecule has 1 saturated carbocycles. The third-order valence-corrected chi connectivity index (χ3v) is 7.67. The highest BCUT2D eigenvalue weighted by atomic mass is 32.2. The molecule has 2 heterocycles. The van der Waals surface area contributed by atoms with Crippen molar-refractivity contribution in [2.75, 3.05) is 20.1 Å². The lowest BCUT2D eigenvalue weighted by Gasteiger charge is -2.45. The summed E-state index contributed by atoms with van der Waals surface area (Å²) < 4.78 is 14.0. The first kappa shape index (κ1) is 19.5. The van der Waals surface area contributed by atoms with Gasteiger partial charge in [-0.05, 0) is 50.7 Å². The van der Waals surface area contributed by atoms with Crippen molar-refractivity contribution < 1.29 is 14.0 Å². The van der Waals surface area contributed by atoms with Crippen LogP contribution in [0.5, 0.6) is 0 Å². The van der Waals surface area contributed by atoms with Gasteiger partial charge in [-0.15, -0.1) is 11.8 Å². The van der Waals surface area contributed by atoms with Gasteiger partial charge in [0, 0.05) is 42.9 Å². The van der Waals surface area contributed by atoms with Gasteiger partial charge < -0.3 is 9.80 Å². The standard InChI is InChI=1S/C22H27FN2O2S/c1-24-18-13-16(21(26)25-11-5-2-6-12-25)9-10-19(18)28-20(22(24)27)14-15-7-3-4-8-17(15)23/h3-4,7-8,14,16,18-19H,2,5-6,9-13H2,1H3/b20-14-. The smallest absolute Gasteiger partial charge is 0.260 e. The number of likely N-dealkylation sites (tertiary alicyclic amines) is 1. The van der Waals surface area contributed by atoms with Gasteiger partial charge in [-0.3, -0.25) is 9.59 Å². The molecule has 1 aromatic rings. The summed E-state index contributed by atoms with van der Waals surface area (Å²) in [7, 11) is 1.82. The largest absolute Gasteiger partial charge is 0.342 e. The number of carbonyl (C=O) groups excluding carboxylic acids is 2. The van der Waals surface area contributed by atoms with Crippen molar-refractivity contribution in [3.63, 3.8) is 0 Å². The van der Waals surface area contributed by atoms with Gasteiger partial charge in [-0.2, -0.15) is 0 Å². The van der Waals surface area contributed by atoms with Crippen molar-refractivity contribution in [3.8, 4) is 0 Å². The van der Waals surface area contributed by atoms with Gasteiger partial charge in [0.1, 0.15) is 5.82 Å². The first-order valence-electron chi connectivity index (χ1n) is 10.2. The van der Waals surface area contributed by atoms with Crippen LogP contribution in [-0.4, -0.2) is 53.0 Å². The molecule has 2 aliphatic heterocycles. The quantitative estimate of drug-likeness (QED) is 0.704. The Morgan fingerprint density at radius 1 is 1.18 bits per heavy atom. The van der Waals surface area contributed by atoms with Crippen LogP contribution >= 0.6 is 11.8 Å². The number of piperidine rings is 1. The fraction of sp³-hybridized carbons (Fsp3) is 0.545. The molecule has 28 heavy (non-hydrogen) atoms. The number of hydrogen-bond donors (Lipinski definition) is 0. The Morgan fingerprint density at radius 2 is 1.93 bits per heavy atom. The van der Waals surface area contributed by atoms with E-state index < -0.39 is 0 Å². The van der Waals surface area contributed by atoms with Crippen LogP contribution in [0, 0.1) is 11.7 Å². The normalized spacial score (nSPS) is 29.7. The SMILES string of the molecule is CN1C(=O)/C(=C/c2ccccc2F)SC2CCC(C(=O)N3CCCCC3)CC21. The van der Waals surface area contributed by atoms with Crippen LogP contribution in [-0.2, 0) is 9.59 Å². The summed E-state index contributed by atoms with van der Waals surface area (Å²) in [4.78, 5) is 30.2. The van der Waals surface area contributed by atoms with Crippen LogP contribution in [0.4, 0.5) is 4.39 Å². The monoisotopic (exact) mass is 402 g/mol. The molecular weight excluding hydrogens is 375 g/mol. The van der Waals surface area contributed by atoms with E-state index in [-0.39, 0.29) is 34.8 Å². The van der Waals surface area contributed by atoms with Crippen molar-refractivity contribution in [2.24, 2.45) is 5.92 Å². The Hall–Kier alpha value is -1.82. The van der Waals surface area contributed by atoms with Crippen LogP contribution in [0.25, 0.3) is 6.08 Å². The number of fused-ring (bicyclic) bond motifs is 1. The minimum atomic E-state index is -0.316. The molecule has 4 rings (SSSR count). The molecule has 3 fully saturated rings. The topological polar surface area (TPSA) is 40.6 Å². The number of amides is 2. The Morgan fingerprint density at radius 3 is 2.68 bits per heavy atom. The number of thioether (sulfide) groups is 1. The first-order chi connectivity index (χ1) is 13.5. The second kappa shape index (κ2) is 8.27. The zero-order chi connectivity index (χ0) is 19.7. The Bertz CT molecular complexity index is 790. The zero-order valence-corrected chi connectivity index (χ0v) is 17.1. The highest BCUT2D eigenvalue weighted by molar-refractivity contribution is 8.04. The van der Waals surface area contributed by atoms with Gasteiger partial charge in [-0.1, -0.05) is 18.2 Å². The van der Waals surface area contributed by atoms with E-state index in [1.807, 2.05) is 11.9 Å². The summed E-state index contributed by atoms with van der Waals surface area (Å²) in [5.41, 5.74) is 0.444. The lowest BCUT2D eigenvalue weighted by atomic mass is 9.83. The van der Waals surface area contributed by atoms with E-state index in [9.17, 15) is 14.0 Å². The summed E-state index contributed by atoms with van der Waals surface area (Å²) in [6, 6.07) is 6.60. The van der Waals surface area contributed by atoms with E-state index in [0.29, 0.717) is 10.5 Å². The van der Waals surface area contributed by atoms with Crippen LogP contribution < -0.4 is 0 Å². The summed E-state index contributed by atoms with van der Waals surface area (Å²) >= 11 is 1.56. The predicted molar refractivity (Wildman–Crippen MR) is 110 cm³/mol.